The van der Waals surface area contributed by atoms with Crippen molar-refractivity contribution < 1.29 is 18.9 Å². The van der Waals surface area contributed by atoms with Crippen molar-refractivity contribution in [3.63, 3.8) is 0 Å². The van der Waals surface area contributed by atoms with Gasteiger partial charge < -0.3 is 24.4 Å². The molecule has 0 saturated carbocycles. The van der Waals surface area contributed by atoms with Crippen molar-refractivity contribution in [3.8, 4) is 0 Å². The predicted molar refractivity (Wildman–Crippen MR) is 136 cm³/mol. The number of carbonyl (C=O) groups excluding carboxylic acids is 2. The number of amides is 2. The molecule has 0 aliphatic carbocycles. The smallest absolute Gasteiger partial charge is 0.293 e. The molecule has 3 aromatic rings. The Balaban J connectivity index is 1.20. The van der Waals surface area contributed by atoms with E-state index in [2.05, 4.69) is 10.2 Å². The zero-order valence-corrected chi connectivity index (χ0v) is 19.8. The Morgan fingerprint density at radius 2 is 1.61 bits per heavy atom. The summed E-state index contributed by atoms with van der Waals surface area (Å²) >= 11 is 0. The topological polar surface area (TPSA) is 112 Å². The van der Waals surface area contributed by atoms with Gasteiger partial charge in [0, 0.05) is 62.3 Å². The Labute approximate surface area is 208 Å². The minimum absolute atomic E-state index is 0.0513. The molecule has 2 saturated heterocycles. The number of nitrogens with one attached hydrogen (secondary N) is 1. The Hall–Kier alpha value is -4.34. The van der Waals surface area contributed by atoms with Crippen molar-refractivity contribution >= 4 is 34.6 Å². The van der Waals surface area contributed by atoms with Crippen LogP contribution in [0.4, 0.5) is 22.7 Å². The zero-order chi connectivity index (χ0) is 25.1. The monoisotopic (exact) mass is 489 g/mol. The van der Waals surface area contributed by atoms with Crippen LogP contribution in [0.1, 0.15) is 33.8 Å². The van der Waals surface area contributed by atoms with E-state index >= 15 is 0 Å². The van der Waals surface area contributed by atoms with Gasteiger partial charge in [0.1, 0.15) is 5.69 Å². The Morgan fingerprint density at radius 3 is 2.25 bits per heavy atom. The third kappa shape index (κ3) is 4.88. The fraction of sp³-hybridized carbons (Fsp3) is 0.308. The second kappa shape index (κ2) is 10.1. The van der Waals surface area contributed by atoms with Gasteiger partial charge in [0.2, 0.25) is 0 Å². The lowest BCUT2D eigenvalue weighted by Crippen LogP contribution is -2.48. The predicted octanol–water partition coefficient (Wildman–Crippen LogP) is 4.00. The molecule has 2 aromatic carbocycles. The quantitative estimate of drug-likeness (QED) is 0.411. The average molecular weight is 490 g/mol. The van der Waals surface area contributed by atoms with E-state index in [1.165, 1.54) is 12.3 Å². The molecule has 2 fully saturated rings. The van der Waals surface area contributed by atoms with Crippen LogP contribution in [-0.4, -0.2) is 60.9 Å². The molecule has 186 valence electrons. The molecule has 2 amide bonds. The maximum absolute atomic E-state index is 12.8. The summed E-state index contributed by atoms with van der Waals surface area (Å²) in [7, 11) is 0. The normalized spacial score (nSPS) is 15.7. The highest BCUT2D eigenvalue weighted by molar-refractivity contribution is 6.05. The highest BCUT2D eigenvalue weighted by Crippen LogP contribution is 2.32. The van der Waals surface area contributed by atoms with E-state index in [0.717, 1.165) is 31.6 Å². The van der Waals surface area contributed by atoms with Crippen LogP contribution in [0.25, 0.3) is 0 Å². The minimum atomic E-state index is -0.429. The van der Waals surface area contributed by atoms with Gasteiger partial charge in [-0.25, -0.2) is 0 Å². The maximum Gasteiger partial charge on any atom is 0.293 e. The Kier molecular flexibility index (Phi) is 6.57. The molecular weight excluding hydrogens is 462 g/mol. The van der Waals surface area contributed by atoms with Crippen molar-refractivity contribution in [2.24, 2.45) is 0 Å². The highest BCUT2D eigenvalue weighted by atomic mass is 16.6. The number of anilines is 3. The second-order valence-corrected chi connectivity index (χ2v) is 8.91. The number of nitro groups is 1. The van der Waals surface area contributed by atoms with Gasteiger partial charge in [0.15, 0.2) is 5.76 Å². The number of nitrogens with zero attached hydrogens (tertiary/aromatic N) is 4. The van der Waals surface area contributed by atoms with Crippen LogP contribution in [0.15, 0.2) is 65.3 Å². The number of furan rings is 1. The van der Waals surface area contributed by atoms with Crippen molar-refractivity contribution in [3.05, 3.63) is 82.3 Å². The summed E-state index contributed by atoms with van der Waals surface area (Å²) in [6.07, 6.45) is 3.51. The number of piperazine rings is 1. The SMILES string of the molecule is O=C(Nc1ccc(N2CCN(C(=O)c3ccco3)CC2)cc1)c1ccc(N2CCCC2)c([N+](=O)[O-])c1. The molecule has 1 N–H and O–H groups in total. The fourth-order valence-electron chi connectivity index (χ4n) is 4.72. The van der Waals surface area contributed by atoms with Gasteiger partial charge in [-0.1, -0.05) is 0 Å². The molecule has 0 unspecified atom stereocenters. The summed E-state index contributed by atoms with van der Waals surface area (Å²) in [5.41, 5.74) is 2.34. The van der Waals surface area contributed by atoms with E-state index in [-0.39, 0.29) is 17.2 Å². The van der Waals surface area contributed by atoms with E-state index in [1.54, 1.807) is 41.3 Å². The first-order chi connectivity index (χ1) is 17.5. The summed E-state index contributed by atoms with van der Waals surface area (Å²) in [6, 6.07) is 15.5. The lowest BCUT2D eigenvalue weighted by molar-refractivity contribution is -0.384. The Morgan fingerprint density at radius 1 is 0.889 bits per heavy atom. The molecule has 2 aliphatic heterocycles. The fourth-order valence-corrected chi connectivity index (χ4v) is 4.72. The molecule has 0 spiro atoms. The zero-order valence-electron chi connectivity index (χ0n) is 19.8. The van der Waals surface area contributed by atoms with Gasteiger partial charge in [-0.2, -0.15) is 0 Å². The molecular formula is C26H27N5O5. The van der Waals surface area contributed by atoms with Gasteiger partial charge in [0.25, 0.3) is 17.5 Å². The molecule has 3 heterocycles. The lowest BCUT2D eigenvalue weighted by Gasteiger charge is -2.35. The van der Waals surface area contributed by atoms with Crippen LogP contribution < -0.4 is 15.1 Å². The van der Waals surface area contributed by atoms with Gasteiger partial charge in [0.05, 0.1) is 11.2 Å². The van der Waals surface area contributed by atoms with Crippen LogP contribution in [-0.2, 0) is 0 Å². The summed E-state index contributed by atoms with van der Waals surface area (Å²) < 4.78 is 5.21. The lowest BCUT2D eigenvalue weighted by atomic mass is 10.1. The van der Waals surface area contributed by atoms with Crippen LogP contribution in [0.5, 0.6) is 0 Å². The highest BCUT2D eigenvalue weighted by Gasteiger charge is 2.25. The van der Waals surface area contributed by atoms with Gasteiger partial charge in [-0.15, -0.1) is 0 Å². The van der Waals surface area contributed by atoms with E-state index in [9.17, 15) is 19.7 Å². The molecule has 5 rings (SSSR count). The largest absolute Gasteiger partial charge is 0.459 e. The van der Waals surface area contributed by atoms with E-state index in [4.69, 9.17) is 4.42 Å². The molecule has 0 radical (unpaired) electrons. The van der Waals surface area contributed by atoms with E-state index in [0.29, 0.717) is 43.3 Å². The summed E-state index contributed by atoms with van der Waals surface area (Å²) in [5.74, 6) is -0.158. The van der Waals surface area contributed by atoms with Crippen LogP contribution in [0.3, 0.4) is 0 Å². The minimum Gasteiger partial charge on any atom is -0.459 e. The van der Waals surface area contributed by atoms with Crippen molar-refractivity contribution in [1.29, 1.82) is 0 Å². The van der Waals surface area contributed by atoms with Crippen LogP contribution >= 0.6 is 0 Å². The van der Waals surface area contributed by atoms with E-state index < -0.39 is 10.8 Å². The van der Waals surface area contributed by atoms with Crippen LogP contribution in [0.2, 0.25) is 0 Å². The number of hydrogen-bond acceptors (Lipinski definition) is 7. The van der Waals surface area contributed by atoms with Gasteiger partial charge in [-0.3, -0.25) is 19.7 Å². The standard InChI is InChI=1S/C26H27N5O5/c32-25(19-5-10-22(23(18-19)31(34)35)29-11-1-2-12-29)27-20-6-8-21(9-7-20)28-13-15-30(16-14-28)26(33)24-4-3-17-36-24/h3-10,17-18H,1-2,11-16H2,(H,27,32). The van der Waals surface area contributed by atoms with Gasteiger partial charge in [-0.05, 0) is 61.4 Å². The number of hydrogen-bond donors (Lipinski definition) is 1. The third-order valence-electron chi connectivity index (χ3n) is 6.67. The molecule has 36 heavy (non-hydrogen) atoms. The van der Waals surface area contributed by atoms with E-state index in [1.807, 2.05) is 17.0 Å². The molecule has 1 aromatic heterocycles. The Bertz CT molecular complexity index is 1240. The van der Waals surface area contributed by atoms with Gasteiger partial charge >= 0.3 is 0 Å². The molecule has 10 heteroatoms. The molecule has 10 nitrogen and oxygen atoms in total. The van der Waals surface area contributed by atoms with Crippen LogP contribution in [0, 0.1) is 10.1 Å². The van der Waals surface area contributed by atoms with Crippen molar-refractivity contribution in [2.75, 3.05) is 54.4 Å². The summed E-state index contributed by atoms with van der Waals surface area (Å²) in [4.78, 5) is 42.4. The number of carbonyl (C=O) groups is 2. The maximum atomic E-state index is 12.8. The summed E-state index contributed by atoms with van der Waals surface area (Å²) in [6.45, 7) is 4.12. The number of rotatable bonds is 6. The first kappa shape index (κ1) is 23.4. The van der Waals surface area contributed by atoms with Crippen molar-refractivity contribution in [2.45, 2.75) is 12.8 Å². The third-order valence-corrected chi connectivity index (χ3v) is 6.67. The second-order valence-electron chi connectivity index (χ2n) is 8.91. The number of benzene rings is 2. The number of nitro benzene ring substituents is 1. The molecule has 2 aliphatic rings. The summed E-state index contributed by atoms with van der Waals surface area (Å²) in [5, 5.41) is 14.5. The first-order valence-corrected chi connectivity index (χ1v) is 12.0. The molecule has 0 bridgehead atoms. The first-order valence-electron chi connectivity index (χ1n) is 12.0. The van der Waals surface area contributed by atoms with Crippen molar-refractivity contribution in [1.82, 2.24) is 4.90 Å². The molecule has 0 atom stereocenters. The average Bonchev–Trinajstić information content (AvgIpc) is 3.63.